The minimum absolute atomic E-state index is 0.178. The molecule has 1 aliphatic heterocycles. The van der Waals surface area contributed by atoms with Crippen molar-refractivity contribution >= 4 is 23.2 Å². The number of rotatable bonds is 6. The molecule has 1 saturated heterocycles. The lowest BCUT2D eigenvalue weighted by atomic mass is 9.88. The molecule has 0 radical (unpaired) electrons. The van der Waals surface area contributed by atoms with Gasteiger partial charge in [0.25, 0.3) is 5.91 Å². The Kier molecular flexibility index (Phi) is 5.56. The van der Waals surface area contributed by atoms with Crippen molar-refractivity contribution in [2.24, 2.45) is 5.92 Å². The van der Waals surface area contributed by atoms with Crippen molar-refractivity contribution in [2.75, 3.05) is 20.2 Å². The first-order valence-corrected chi connectivity index (χ1v) is 9.52. The summed E-state index contributed by atoms with van der Waals surface area (Å²) in [4.78, 5) is 30.6. The molecular formula is C19H22N2O4S. The number of aliphatic carboxylic acids is 1. The number of carbonyl (C=O) groups is 2. The van der Waals surface area contributed by atoms with Crippen LogP contribution in [0.2, 0.25) is 0 Å². The van der Waals surface area contributed by atoms with E-state index in [-0.39, 0.29) is 18.4 Å². The number of likely N-dealkylation sites (tertiary alicyclic amines) is 1. The van der Waals surface area contributed by atoms with Crippen molar-refractivity contribution < 1.29 is 19.4 Å². The second-order valence-electron chi connectivity index (χ2n) is 6.38. The first-order chi connectivity index (χ1) is 12.5. The van der Waals surface area contributed by atoms with E-state index in [1.165, 1.54) is 11.3 Å². The van der Waals surface area contributed by atoms with E-state index in [4.69, 9.17) is 4.74 Å². The van der Waals surface area contributed by atoms with Gasteiger partial charge in [-0.15, -0.1) is 11.3 Å². The summed E-state index contributed by atoms with van der Waals surface area (Å²) in [5.74, 6) is -1.42. The molecular weight excluding hydrogens is 352 g/mol. The predicted molar refractivity (Wildman–Crippen MR) is 98.9 cm³/mol. The third-order valence-electron chi connectivity index (χ3n) is 4.70. The largest absolute Gasteiger partial charge is 0.496 e. The van der Waals surface area contributed by atoms with Gasteiger partial charge in [-0.1, -0.05) is 25.1 Å². The number of amides is 1. The van der Waals surface area contributed by atoms with Gasteiger partial charge in [-0.2, -0.15) is 0 Å². The maximum Gasteiger partial charge on any atom is 0.308 e. The number of benzene rings is 1. The Hall–Kier alpha value is -2.41. The van der Waals surface area contributed by atoms with Gasteiger partial charge in [0, 0.05) is 24.4 Å². The van der Waals surface area contributed by atoms with Crippen LogP contribution in [0.3, 0.4) is 0 Å². The van der Waals surface area contributed by atoms with Crippen LogP contribution >= 0.6 is 11.3 Å². The average Bonchev–Trinajstić information content (AvgIpc) is 3.28. The molecule has 1 fully saturated rings. The van der Waals surface area contributed by atoms with Crippen molar-refractivity contribution in [1.29, 1.82) is 0 Å². The second kappa shape index (κ2) is 7.86. The zero-order valence-electron chi connectivity index (χ0n) is 14.8. The Bertz CT molecular complexity index is 804. The number of hydrogen-bond donors (Lipinski definition) is 1. The fraction of sp³-hybridized carbons (Fsp3) is 0.421. The normalized spacial score (nSPS) is 19.5. The van der Waals surface area contributed by atoms with E-state index >= 15 is 0 Å². The average molecular weight is 374 g/mol. The molecule has 1 aromatic heterocycles. The molecule has 1 N–H and O–H groups in total. The minimum atomic E-state index is -0.902. The van der Waals surface area contributed by atoms with Gasteiger partial charge in [0.1, 0.15) is 11.4 Å². The summed E-state index contributed by atoms with van der Waals surface area (Å²) in [6.07, 6.45) is 1.82. The number of aryl methyl sites for hydroxylation is 1. The van der Waals surface area contributed by atoms with E-state index in [1.54, 1.807) is 17.4 Å². The van der Waals surface area contributed by atoms with Gasteiger partial charge in [-0.3, -0.25) is 9.59 Å². The van der Waals surface area contributed by atoms with E-state index in [2.05, 4.69) is 11.9 Å². The molecule has 1 amide bonds. The van der Waals surface area contributed by atoms with Gasteiger partial charge in [-0.25, -0.2) is 4.98 Å². The first-order valence-electron chi connectivity index (χ1n) is 8.64. The number of hydrogen-bond acceptors (Lipinski definition) is 5. The van der Waals surface area contributed by atoms with Crippen LogP contribution in [0.15, 0.2) is 29.6 Å². The molecule has 2 atom stereocenters. The number of nitrogens with zero attached hydrogens (tertiary/aromatic N) is 2. The lowest BCUT2D eigenvalue weighted by molar-refractivity contribution is -0.141. The molecule has 7 heteroatoms. The number of ether oxygens (including phenoxy) is 1. The Morgan fingerprint density at radius 2 is 2.12 bits per heavy atom. The fourth-order valence-corrected chi connectivity index (χ4v) is 4.28. The van der Waals surface area contributed by atoms with Crippen LogP contribution in [-0.4, -0.2) is 47.1 Å². The van der Waals surface area contributed by atoms with E-state index < -0.39 is 11.9 Å². The molecule has 0 saturated carbocycles. The maximum atomic E-state index is 12.8. The molecule has 3 rings (SSSR count). The Morgan fingerprint density at radius 3 is 2.81 bits per heavy atom. The Labute approximate surface area is 156 Å². The lowest BCUT2D eigenvalue weighted by Crippen LogP contribution is -2.30. The van der Waals surface area contributed by atoms with Crippen molar-refractivity contribution in [3.05, 3.63) is 45.9 Å². The summed E-state index contributed by atoms with van der Waals surface area (Å²) < 4.78 is 5.39. The van der Waals surface area contributed by atoms with Crippen LogP contribution < -0.4 is 4.74 Å². The number of methoxy groups -OCH3 is 1. The lowest BCUT2D eigenvalue weighted by Gasteiger charge is -2.18. The van der Waals surface area contributed by atoms with Crippen LogP contribution in [-0.2, 0) is 11.2 Å². The van der Waals surface area contributed by atoms with Gasteiger partial charge >= 0.3 is 5.97 Å². The van der Waals surface area contributed by atoms with Gasteiger partial charge in [-0.05, 0) is 24.5 Å². The second-order valence-corrected chi connectivity index (χ2v) is 7.32. The van der Waals surface area contributed by atoms with Gasteiger partial charge < -0.3 is 14.7 Å². The summed E-state index contributed by atoms with van der Waals surface area (Å²) in [6.45, 7) is 2.59. The molecule has 0 unspecified atom stereocenters. The van der Waals surface area contributed by atoms with Gasteiger partial charge in [0.15, 0.2) is 0 Å². The van der Waals surface area contributed by atoms with E-state index in [9.17, 15) is 14.7 Å². The summed E-state index contributed by atoms with van der Waals surface area (Å²) in [6, 6.07) is 7.39. The highest BCUT2D eigenvalue weighted by atomic mass is 32.1. The molecule has 1 aliphatic rings. The van der Waals surface area contributed by atoms with Crippen LogP contribution in [0, 0.1) is 5.92 Å². The zero-order valence-corrected chi connectivity index (χ0v) is 15.7. The number of aromatic nitrogens is 1. The van der Waals surface area contributed by atoms with E-state index in [0.717, 1.165) is 23.4 Å². The molecule has 1 aromatic carbocycles. The Morgan fingerprint density at radius 1 is 1.35 bits per heavy atom. The van der Waals surface area contributed by atoms with Crippen LogP contribution in [0.4, 0.5) is 0 Å². The Balaban J connectivity index is 1.84. The highest BCUT2D eigenvalue weighted by Gasteiger charge is 2.42. The highest BCUT2D eigenvalue weighted by Crippen LogP contribution is 2.38. The summed E-state index contributed by atoms with van der Waals surface area (Å²) >= 11 is 1.48. The molecule has 0 bridgehead atoms. The standard InChI is InChI=1S/C19H22N2O4S/c1-3-6-17-20-15(11-26-17)18(22)21-9-13(14(10-21)19(23)24)12-7-4-5-8-16(12)25-2/h4-5,7-8,11,13-14H,3,6,9-10H2,1-2H3,(H,23,24)/t13-,14+/m0/s1. The fourth-order valence-electron chi connectivity index (χ4n) is 3.41. The zero-order chi connectivity index (χ0) is 18.7. The number of carboxylic acid groups (broad SMARTS) is 1. The quantitative estimate of drug-likeness (QED) is 0.841. The van der Waals surface area contributed by atoms with E-state index in [1.807, 2.05) is 24.3 Å². The maximum absolute atomic E-state index is 12.8. The van der Waals surface area contributed by atoms with E-state index in [0.29, 0.717) is 18.0 Å². The smallest absolute Gasteiger partial charge is 0.308 e. The van der Waals surface area contributed by atoms with Gasteiger partial charge in [0.2, 0.25) is 0 Å². The van der Waals surface area contributed by atoms with Crippen molar-refractivity contribution in [3.63, 3.8) is 0 Å². The van der Waals surface area contributed by atoms with Crippen LogP contribution in [0.1, 0.15) is 40.3 Å². The first kappa shape index (κ1) is 18.4. The molecule has 0 aliphatic carbocycles. The topological polar surface area (TPSA) is 79.7 Å². The molecule has 0 spiro atoms. The SMILES string of the molecule is CCCc1nc(C(=O)N2C[C@@H](C(=O)O)[C@H](c3ccccc3OC)C2)cs1. The van der Waals surface area contributed by atoms with Crippen molar-refractivity contribution in [3.8, 4) is 5.75 Å². The van der Waals surface area contributed by atoms with Crippen LogP contribution in [0.5, 0.6) is 5.75 Å². The molecule has 6 nitrogen and oxygen atoms in total. The van der Waals surface area contributed by atoms with Crippen LogP contribution in [0.25, 0.3) is 0 Å². The van der Waals surface area contributed by atoms with Crippen molar-refractivity contribution in [2.45, 2.75) is 25.7 Å². The number of carbonyl (C=O) groups excluding carboxylic acids is 1. The minimum Gasteiger partial charge on any atom is -0.496 e. The molecule has 26 heavy (non-hydrogen) atoms. The number of para-hydroxylation sites is 1. The monoisotopic (exact) mass is 374 g/mol. The third kappa shape index (κ3) is 3.58. The number of thiazole rings is 1. The molecule has 2 heterocycles. The van der Waals surface area contributed by atoms with Crippen molar-refractivity contribution in [1.82, 2.24) is 9.88 Å². The third-order valence-corrected chi connectivity index (χ3v) is 5.61. The van der Waals surface area contributed by atoms with Gasteiger partial charge in [0.05, 0.1) is 18.0 Å². The predicted octanol–water partition coefficient (Wildman–Crippen LogP) is 3.04. The summed E-state index contributed by atoms with van der Waals surface area (Å²) in [7, 11) is 1.57. The summed E-state index contributed by atoms with van der Waals surface area (Å²) in [5, 5.41) is 12.4. The summed E-state index contributed by atoms with van der Waals surface area (Å²) in [5.41, 5.74) is 1.23. The molecule has 138 valence electrons. The number of carboxylic acids is 1. The highest BCUT2D eigenvalue weighted by molar-refractivity contribution is 7.09. The molecule has 2 aromatic rings.